The molecule has 3 rings (SSSR count). The first-order chi connectivity index (χ1) is 12.8. The number of amides is 2. The number of nitrogens with zero attached hydrogens (tertiary/aromatic N) is 3. The van der Waals surface area contributed by atoms with Crippen LogP contribution in [0.5, 0.6) is 0 Å². The molecule has 1 atom stereocenters. The van der Waals surface area contributed by atoms with Gasteiger partial charge in [-0.15, -0.1) is 0 Å². The smallest absolute Gasteiger partial charge is 0.254 e. The van der Waals surface area contributed by atoms with Crippen molar-refractivity contribution in [2.75, 3.05) is 30.9 Å². The van der Waals surface area contributed by atoms with Crippen LogP contribution < -0.4 is 10.2 Å². The average molecular weight is 407 g/mol. The zero-order valence-corrected chi connectivity index (χ0v) is 16.6. The van der Waals surface area contributed by atoms with Gasteiger partial charge in [0.1, 0.15) is 11.9 Å². The van der Waals surface area contributed by atoms with Crippen LogP contribution in [0, 0.1) is 0 Å². The summed E-state index contributed by atoms with van der Waals surface area (Å²) < 4.78 is 0. The Hall–Kier alpha value is -2.31. The van der Waals surface area contributed by atoms with Crippen molar-refractivity contribution in [1.29, 1.82) is 0 Å². The minimum absolute atomic E-state index is 0.251. The summed E-state index contributed by atoms with van der Waals surface area (Å²) in [6.07, 6.45) is 3.04. The highest BCUT2D eigenvalue weighted by Gasteiger charge is 2.34. The van der Waals surface area contributed by atoms with Crippen molar-refractivity contribution in [2.45, 2.75) is 18.9 Å². The quantitative estimate of drug-likeness (QED) is 0.840. The SMILES string of the molecule is CN(C)c1ccc(NC(=O)C2CCCN2C(=O)c2cc(Cl)cc(Cl)c2)nc1. The summed E-state index contributed by atoms with van der Waals surface area (Å²) in [4.78, 5) is 33.3. The summed E-state index contributed by atoms with van der Waals surface area (Å²) in [7, 11) is 3.83. The number of likely N-dealkylation sites (tertiary alicyclic amines) is 1. The van der Waals surface area contributed by atoms with Gasteiger partial charge in [-0.25, -0.2) is 4.98 Å². The highest BCUT2D eigenvalue weighted by Crippen LogP contribution is 2.25. The number of rotatable bonds is 4. The maximum Gasteiger partial charge on any atom is 0.254 e. The first-order valence-electron chi connectivity index (χ1n) is 8.56. The van der Waals surface area contributed by atoms with Crippen LogP contribution in [0.4, 0.5) is 11.5 Å². The lowest BCUT2D eigenvalue weighted by Crippen LogP contribution is -2.43. The minimum Gasteiger partial charge on any atom is -0.376 e. The van der Waals surface area contributed by atoms with Crippen LogP contribution in [0.15, 0.2) is 36.5 Å². The van der Waals surface area contributed by atoms with Crippen LogP contribution in [0.1, 0.15) is 23.2 Å². The number of hydrogen-bond donors (Lipinski definition) is 1. The molecule has 0 radical (unpaired) electrons. The molecule has 27 heavy (non-hydrogen) atoms. The molecule has 1 unspecified atom stereocenters. The van der Waals surface area contributed by atoms with Gasteiger partial charge in [-0.05, 0) is 43.2 Å². The molecule has 2 heterocycles. The molecule has 1 aliphatic heterocycles. The summed E-state index contributed by atoms with van der Waals surface area (Å²) in [6.45, 7) is 0.508. The highest BCUT2D eigenvalue weighted by molar-refractivity contribution is 6.35. The molecular weight excluding hydrogens is 387 g/mol. The number of anilines is 2. The summed E-state index contributed by atoms with van der Waals surface area (Å²) in [6, 6.07) is 7.75. The van der Waals surface area contributed by atoms with Gasteiger partial charge < -0.3 is 15.1 Å². The number of nitrogens with one attached hydrogen (secondary N) is 1. The minimum atomic E-state index is -0.550. The molecule has 0 bridgehead atoms. The molecule has 8 heteroatoms. The Morgan fingerprint density at radius 2 is 1.89 bits per heavy atom. The molecule has 0 aliphatic carbocycles. The summed E-state index contributed by atoms with van der Waals surface area (Å²) in [5.41, 5.74) is 1.31. The Morgan fingerprint density at radius 3 is 2.48 bits per heavy atom. The van der Waals surface area contributed by atoms with E-state index in [1.165, 1.54) is 0 Å². The number of pyridine rings is 1. The monoisotopic (exact) mass is 406 g/mol. The van der Waals surface area contributed by atoms with Crippen LogP contribution in [0.2, 0.25) is 10.0 Å². The first kappa shape index (κ1) is 19.5. The Bertz CT molecular complexity index is 835. The van der Waals surface area contributed by atoms with Crippen molar-refractivity contribution in [3.63, 3.8) is 0 Å². The summed E-state index contributed by atoms with van der Waals surface area (Å²) in [5, 5.41) is 3.57. The molecule has 1 aromatic carbocycles. The van der Waals surface area contributed by atoms with Gasteiger partial charge in [0.25, 0.3) is 5.91 Å². The predicted molar refractivity (Wildman–Crippen MR) is 108 cm³/mol. The van der Waals surface area contributed by atoms with Crippen molar-refractivity contribution < 1.29 is 9.59 Å². The maximum absolute atomic E-state index is 12.8. The van der Waals surface area contributed by atoms with Gasteiger partial charge in [0.05, 0.1) is 11.9 Å². The fourth-order valence-electron chi connectivity index (χ4n) is 3.06. The molecule has 1 aliphatic rings. The van der Waals surface area contributed by atoms with Crippen LogP contribution in [0.3, 0.4) is 0 Å². The van der Waals surface area contributed by atoms with E-state index < -0.39 is 6.04 Å². The van der Waals surface area contributed by atoms with Crippen LogP contribution >= 0.6 is 23.2 Å². The maximum atomic E-state index is 12.8. The Kier molecular flexibility index (Phi) is 5.87. The third-order valence-corrected chi connectivity index (χ3v) is 4.88. The van der Waals surface area contributed by atoms with Gasteiger partial charge in [0, 0.05) is 36.2 Å². The molecule has 1 fully saturated rings. The third kappa shape index (κ3) is 4.51. The van der Waals surface area contributed by atoms with Crippen LogP contribution in [-0.2, 0) is 4.79 Å². The molecule has 2 amide bonds. The van der Waals surface area contributed by atoms with E-state index in [0.29, 0.717) is 34.4 Å². The zero-order chi connectivity index (χ0) is 19.6. The second-order valence-electron chi connectivity index (χ2n) is 6.60. The number of aromatic nitrogens is 1. The molecule has 2 aromatic rings. The zero-order valence-electron chi connectivity index (χ0n) is 15.1. The highest BCUT2D eigenvalue weighted by atomic mass is 35.5. The number of benzene rings is 1. The standard InChI is InChI=1S/C19H20Cl2N4O2/c1-24(2)15-5-6-17(22-11-15)23-18(26)16-4-3-7-25(16)19(27)12-8-13(20)10-14(21)9-12/h5-6,8-11,16H,3-4,7H2,1-2H3,(H,22,23,26). The molecular formula is C19H20Cl2N4O2. The van der Waals surface area contributed by atoms with E-state index >= 15 is 0 Å². The van der Waals surface area contributed by atoms with Crippen molar-refractivity contribution >= 4 is 46.5 Å². The van der Waals surface area contributed by atoms with Crippen molar-refractivity contribution in [3.8, 4) is 0 Å². The van der Waals surface area contributed by atoms with Gasteiger partial charge in [0.2, 0.25) is 5.91 Å². The van der Waals surface area contributed by atoms with E-state index in [1.807, 2.05) is 25.1 Å². The van der Waals surface area contributed by atoms with Gasteiger partial charge in [-0.2, -0.15) is 0 Å². The van der Waals surface area contributed by atoms with E-state index in [-0.39, 0.29) is 11.8 Å². The lowest BCUT2D eigenvalue weighted by molar-refractivity contribution is -0.119. The van der Waals surface area contributed by atoms with Gasteiger partial charge in [-0.1, -0.05) is 23.2 Å². The number of halogens is 2. The lowest BCUT2D eigenvalue weighted by Gasteiger charge is -2.24. The van der Waals surface area contributed by atoms with Crippen molar-refractivity contribution in [1.82, 2.24) is 9.88 Å². The molecule has 1 N–H and O–H groups in total. The van der Waals surface area contributed by atoms with Crippen LogP contribution in [0.25, 0.3) is 0 Å². The molecule has 142 valence electrons. The topological polar surface area (TPSA) is 65.5 Å². The molecule has 1 aromatic heterocycles. The van der Waals surface area contributed by atoms with Crippen molar-refractivity contribution in [2.24, 2.45) is 0 Å². The normalized spacial score (nSPS) is 16.3. The number of hydrogen-bond acceptors (Lipinski definition) is 4. The second-order valence-corrected chi connectivity index (χ2v) is 7.47. The number of carbonyl (C=O) groups is 2. The fraction of sp³-hybridized carbons (Fsp3) is 0.316. The summed E-state index contributed by atoms with van der Waals surface area (Å²) in [5.74, 6) is -0.0530. The second kappa shape index (κ2) is 8.15. The molecule has 0 saturated carbocycles. The lowest BCUT2D eigenvalue weighted by atomic mass is 10.1. The van der Waals surface area contributed by atoms with E-state index in [1.54, 1.807) is 35.4 Å². The average Bonchev–Trinajstić information content (AvgIpc) is 3.10. The molecule has 6 nitrogen and oxygen atoms in total. The molecule has 0 spiro atoms. The Labute approximate surface area is 168 Å². The van der Waals surface area contributed by atoms with Gasteiger partial charge in [-0.3, -0.25) is 9.59 Å². The third-order valence-electron chi connectivity index (χ3n) is 4.44. The summed E-state index contributed by atoms with van der Waals surface area (Å²) >= 11 is 12.0. The van der Waals surface area contributed by atoms with Gasteiger partial charge >= 0.3 is 0 Å². The van der Waals surface area contributed by atoms with Gasteiger partial charge in [0.15, 0.2) is 0 Å². The number of carbonyl (C=O) groups excluding carboxylic acids is 2. The molecule has 1 saturated heterocycles. The fourth-order valence-corrected chi connectivity index (χ4v) is 3.59. The predicted octanol–water partition coefficient (Wildman–Crippen LogP) is 3.70. The van der Waals surface area contributed by atoms with Crippen LogP contribution in [-0.4, -0.2) is 48.4 Å². The van der Waals surface area contributed by atoms with E-state index in [2.05, 4.69) is 10.3 Å². The van der Waals surface area contributed by atoms with E-state index in [9.17, 15) is 9.59 Å². The largest absolute Gasteiger partial charge is 0.376 e. The van der Waals surface area contributed by atoms with Crippen molar-refractivity contribution in [3.05, 3.63) is 52.1 Å². The Balaban J connectivity index is 1.73. The Morgan fingerprint density at radius 1 is 1.19 bits per heavy atom. The first-order valence-corrected chi connectivity index (χ1v) is 9.32. The van der Waals surface area contributed by atoms with E-state index in [0.717, 1.165) is 12.1 Å². The van der Waals surface area contributed by atoms with E-state index in [4.69, 9.17) is 23.2 Å².